The van der Waals surface area contributed by atoms with E-state index in [0.717, 1.165) is 10.6 Å². The zero-order valence-electron chi connectivity index (χ0n) is 8.92. The van der Waals surface area contributed by atoms with E-state index in [1.807, 2.05) is 5.38 Å². The highest BCUT2D eigenvalue weighted by molar-refractivity contribution is 7.09. The van der Waals surface area contributed by atoms with Gasteiger partial charge in [-0.15, -0.1) is 11.3 Å². The van der Waals surface area contributed by atoms with E-state index in [0.29, 0.717) is 6.42 Å². The summed E-state index contributed by atoms with van der Waals surface area (Å²) in [7, 11) is 0. The number of rotatable bonds is 3. The van der Waals surface area contributed by atoms with Gasteiger partial charge in [-0.3, -0.25) is 0 Å². The lowest BCUT2D eigenvalue weighted by atomic mass is 9.93. The van der Waals surface area contributed by atoms with Crippen LogP contribution in [0, 0.1) is 0 Å². The fourth-order valence-corrected chi connectivity index (χ4v) is 2.32. The van der Waals surface area contributed by atoms with Crippen molar-refractivity contribution in [3.63, 3.8) is 0 Å². The summed E-state index contributed by atoms with van der Waals surface area (Å²) in [6.07, 6.45) is 2.21. The highest BCUT2D eigenvalue weighted by Crippen LogP contribution is 2.27. The molecule has 1 unspecified atom stereocenters. The molecule has 3 nitrogen and oxygen atoms in total. The van der Waals surface area contributed by atoms with Gasteiger partial charge in [-0.1, -0.05) is 12.1 Å². The zero-order valence-corrected chi connectivity index (χ0v) is 9.74. The first-order chi connectivity index (χ1) is 7.58. The average molecular weight is 235 g/mol. The Morgan fingerprint density at radius 1 is 1.31 bits per heavy atom. The second-order valence-electron chi connectivity index (χ2n) is 3.92. The quantitative estimate of drug-likeness (QED) is 0.858. The lowest BCUT2D eigenvalue weighted by Crippen LogP contribution is -2.24. The van der Waals surface area contributed by atoms with Crippen molar-refractivity contribution in [2.45, 2.75) is 18.9 Å². The molecule has 0 amide bonds. The molecule has 0 fully saturated rings. The topological polar surface area (TPSA) is 53.4 Å². The number of phenols is 1. The van der Waals surface area contributed by atoms with Gasteiger partial charge in [-0.25, -0.2) is 4.98 Å². The second-order valence-corrected chi connectivity index (χ2v) is 4.90. The molecule has 2 N–H and O–H groups in total. The average Bonchev–Trinajstić information content (AvgIpc) is 2.70. The van der Waals surface area contributed by atoms with Crippen LogP contribution in [0.15, 0.2) is 35.8 Å². The summed E-state index contributed by atoms with van der Waals surface area (Å²) in [5.74, 6) is 0.203. The van der Waals surface area contributed by atoms with Crippen molar-refractivity contribution in [1.29, 1.82) is 0 Å². The van der Waals surface area contributed by atoms with Gasteiger partial charge in [0.2, 0.25) is 0 Å². The van der Waals surface area contributed by atoms with E-state index < -0.39 is 5.60 Å². The minimum Gasteiger partial charge on any atom is -0.508 e. The smallest absolute Gasteiger partial charge is 0.115 e. The molecule has 1 atom stereocenters. The first kappa shape index (κ1) is 11.1. The van der Waals surface area contributed by atoms with Crippen LogP contribution in [-0.2, 0) is 12.0 Å². The van der Waals surface area contributed by atoms with Crippen molar-refractivity contribution >= 4 is 11.3 Å². The molecular weight excluding hydrogens is 222 g/mol. The Balaban J connectivity index is 2.21. The minimum absolute atomic E-state index is 0.203. The molecule has 16 heavy (non-hydrogen) atoms. The third kappa shape index (κ3) is 2.40. The molecule has 1 aromatic carbocycles. The van der Waals surface area contributed by atoms with Gasteiger partial charge in [0.15, 0.2) is 0 Å². The molecule has 0 saturated heterocycles. The van der Waals surface area contributed by atoms with Crippen LogP contribution in [0.3, 0.4) is 0 Å². The molecule has 1 heterocycles. The van der Waals surface area contributed by atoms with Crippen LogP contribution in [0.25, 0.3) is 0 Å². The summed E-state index contributed by atoms with van der Waals surface area (Å²) in [5.41, 5.74) is -0.175. The van der Waals surface area contributed by atoms with Crippen LogP contribution >= 0.6 is 11.3 Å². The first-order valence-corrected chi connectivity index (χ1v) is 5.86. The van der Waals surface area contributed by atoms with Crippen LogP contribution in [0.1, 0.15) is 17.5 Å². The number of thiazole rings is 1. The molecule has 0 bridgehead atoms. The van der Waals surface area contributed by atoms with Gasteiger partial charge in [0.25, 0.3) is 0 Å². The molecule has 0 radical (unpaired) electrons. The molecule has 2 rings (SSSR count). The number of hydrogen-bond donors (Lipinski definition) is 2. The fraction of sp³-hybridized carbons (Fsp3) is 0.250. The van der Waals surface area contributed by atoms with Gasteiger partial charge in [0.05, 0.1) is 10.6 Å². The van der Waals surface area contributed by atoms with Crippen LogP contribution in [-0.4, -0.2) is 15.2 Å². The van der Waals surface area contributed by atoms with Gasteiger partial charge in [0, 0.05) is 18.0 Å². The van der Waals surface area contributed by atoms with Gasteiger partial charge < -0.3 is 10.2 Å². The number of nitrogens with zero attached hydrogens (tertiary/aromatic N) is 1. The second kappa shape index (κ2) is 4.23. The predicted octanol–water partition coefficient (Wildman–Crippen LogP) is 2.30. The summed E-state index contributed by atoms with van der Waals surface area (Å²) in [4.78, 5) is 4.15. The fourth-order valence-electron chi connectivity index (χ4n) is 1.56. The van der Waals surface area contributed by atoms with E-state index in [4.69, 9.17) is 0 Å². The maximum absolute atomic E-state index is 10.3. The molecule has 2 aromatic rings. The molecule has 0 saturated carbocycles. The number of phenolic OH excluding ortho intramolecular Hbond substituents is 1. The van der Waals surface area contributed by atoms with Crippen LogP contribution in [0.4, 0.5) is 0 Å². The first-order valence-electron chi connectivity index (χ1n) is 4.98. The Morgan fingerprint density at radius 2 is 2.00 bits per heavy atom. The molecule has 1 aromatic heterocycles. The van der Waals surface area contributed by atoms with E-state index in [-0.39, 0.29) is 5.75 Å². The molecule has 4 heteroatoms. The molecule has 84 valence electrons. The number of hydrogen-bond acceptors (Lipinski definition) is 4. The summed E-state index contributed by atoms with van der Waals surface area (Å²) in [6.45, 7) is 1.75. The van der Waals surface area contributed by atoms with Gasteiger partial charge in [-0.2, -0.15) is 0 Å². The van der Waals surface area contributed by atoms with Gasteiger partial charge in [0.1, 0.15) is 5.75 Å². The largest absolute Gasteiger partial charge is 0.508 e. The monoisotopic (exact) mass is 235 g/mol. The number of benzene rings is 1. The van der Waals surface area contributed by atoms with E-state index in [9.17, 15) is 10.2 Å². The third-order valence-electron chi connectivity index (χ3n) is 2.47. The van der Waals surface area contributed by atoms with Crippen molar-refractivity contribution in [3.8, 4) is 5.75 Å². The number of aromatic nitrogens is 1. The molecule has 0 aliphatic rings. The number of aliphatic hydroxyl groups is 1. The lowest BCUT2D eigenvalue weighted by Gasteiger charge is -2.22. The normalized spacial score (nSPS) is 14.6. The lowest BCUT2D eigenvalue weighted by molar-refractivity contribution is 0.0575. The zero-order chi connectivity index (χ0) is 11.6. The van der Waals surface area contributed by atoms with Gasteiger partial charge in [-0.05, 0) is 24.6 Å². The van der Waals surface area contributed by atoms with E-state index in [1.165, 1.54) is 11.3 Å². The highest BCUT2D eigenvalue weighted by atomic mass is 32.1. The summed E-state index contributed by atoms with van der Waals surface area (Å²) in [5, 5.41) is 22.3. The van der Waals surface area contributed by atoms with E-state index in [2.05, 4.69) is 4.98 Å². The Hall–Kier alpha value is -1.39. The maximum atomic E-state index is 10.3. The molecule has 0 spiro atoms. The maximum Gasteiger partial charge on any atom is 0.115 e. The van der Waals surface area contributed by atoms with Crippen molar-refractivity contribution in [2.24, 2.45) is 0 Å². The molecule has 0 aliphatic carbocycles. The van der Waals surface area contributed by atoms with Crippen molar-refractivity contribution in [1.82, 2.24) is 4.98 Å². The molecule has 0 aliphatic heterocycles. The SMILES string of the molecule is CC(O)(Cc1nccs1)c1ccc(O)cc1. The van der Waals surface area contributed by atoms with Crippen LogP contribution in [0.2, 0.25) is 0 Å². The third-order valence-corrected chi connectivity index (χ3v) is 3.25. The van der Waals surface area contributed by atoms with Crippen LogP contribution in [0.5, 0.6) is 5.75 Å². The van der Waals surface area contributed by atoms with Crippen molar-refractivity contribution < 1.29 is 10.2 Å². The summed E-state index contributed by atoms with van der Waals surface area (Å²) in [6, 6.07) is 6.60. The Kier molecular flexibility index (Phi) is 2.94. The number of aromatic hydroxyl groups is 1. The Bertz CT molecular complexity index is 448. The van der Waals surface area contributed by atoms with Gasteiger partial charge >= 0.3 is 0 Å². The van der Waals surface area contributed by atoms with Crippen molar-refractivity contribution in [3.05, 3.63) is 46.4 Å². The Morgan fingerprint density at radius 3 is 2.56 bits per heavy atom. The predicted molar refractivity (Wildman–Crippen MR) is 63.5 cm³/mol. The highest BCUT2D eigenvalue weighted by Gasteiger charge is 2.24. The van der Waals surface area contributed by atoms with E-state index in [1.54, 1.807) is 37.4 Å². The minimum atomic E-state index is -0.953. The standard InChI is InChI=1S/C12H13NO2S/c1-12(15,8-11-13-6-7-16-11)9-2-4-10(14)5-3-9/h2-7,14-15H,8H2,1H3. The summed E-state index contributed by atoms with van der Waals surface area (Å²) < 4.78 is 0. The molecular formula is C12H13NO2S. The van der Waals surface area contributed by atoms with Crippen molar-refractivity contribution in [2.75, 3.05) is 0 Å². The summed E-state index contributed by atoms with van der Waals surface area (Å²) >= 11 is 1.53. The Labute approximate surface area is 98.0 Å². The van der Waals surface area contributed by atoms with E-state index >= 15 is 0 Å². The van der Waals surface area contributed by atoms with Crippen LogP contribution < -0.4 is 0 Å².